The molecule has 0 radical (unpaired) electrons. The van der Waals surface area contributed by atoms with E-state index in [2.05, 4.69) is 52.0 Å². The zero-order chi connectivity index (χ0) is 22.2. The van der Waals surface area contributed by atoms with E-state index in [1.807, 2.05) is 6.07 Å². The van der Waals surface area contributed by atoms with Gasteiger partial charge >= 0.3 is 5.97 Å². The SMILES string of the molecule is CCCCCCCCCCCCC(Cc1ccccc1)=C(C(=O)ON)C(C)(C)CC.Cl. The molecule has 3 nitrogen and oxygen atoms in total. The highest BCUT2D eigenvalue weighted by Crippen LogP contribution is 2.36. The minimum atomic E-state index is -0.375. The van der Waals surface area contributed by atoms with E-state index in [4.69, 9.17) is 10.7 Å². The van der Waals surface area contributed by atoms with E-state index in [-0.39, 0.29) is 23.8 Å². The molecular formula is C27H46ClNO2. The number of allylic oxidation sites excluding steroid dienone is 1. The summed E-state index contributed by atoms with van der Waals surface area (Å²) in [5.74, 6) is 4.95. The molecule has 178 valence electrons. The van der Waals surface area contributed by atoms with Crippen molar-refractivity contribution in [3.8, 4) is 0 Å². The van der Waals surface area contributed by atoms with Crippen LogP contribution in [0.25, 0.3) is 0 Å². The standard InChI is InChI=1S/C27H45NO2.ClH/c1-5-7-8-9-10-11-12-13-14-18-21-24(22-23-19-16-15-17-20-23)25(26(29)30-28)27(3,4)6-2;/h15-17,19-20H,5-14,18,21-22,28H2,1-4H3;1H. The Kier molecular flexibility index (Phi) is 16.5. The molecule has 2 N–H and O–H groups in total. The first-order chi connectivity index (χ1) is 14.5. The summed E-state index contributed by atoms with van der Waals surface area (Å²) in [4.78, 5) is 17.3. The molecule has 0 unspecified atom stereocenters. The van der Waals surface area contributed by atoms with Crippen molar-refractivity contribution in [2.45, 2.75) is 111 Å². The van der Waals surface area contributed by atoms with E-state index < -0.39 is 0 Å². The van der Waals surface area contributed by atoms with Gasteiger partial charge < -0.3 is 4.84 Å². The van der Waals surface area contributed by atoms with Crippen LogP contribution >= 0.6 is 12.4 Å². The van der Waals surface area contributed by atoms with Gasteiger partial charge in [0.25, 0.3) is 0 Å². The van der Waals surface area contributed by atoms with Crippen molar-refractivity contribution in [3.05, 3.63) is 47.0 Å². The van der Waals surface area contributed by atoms with E-state index in [9.17, 15) is 4.79 Å². The first kappa shape index (κ1) is 29.7. The Hall–Kier alpha value is -1.32. The van der Waals surface area contributed by atoms with Crippen LogP contribution in [0.4, 0.5) is 0 Å². The van der Waals surface area contributed by atoms with Crippen molar-refractivity contribution in [1.29, 1.82) is 0 Å². The second kappa shape index (κ2) is 17.3. The predicted molar refractivity (Wildman–Crippen MR) is 135 cm³/mol. The van der Waals surface area contributed by atoms with Crippen molar-refractivity contribution in [3.63, 3.8) is 0 Å². The first-order valence-corrected chi connectivity index (χ1v) is 12.1. The summed E-state index contributed by atoms with van der Waals surface area (Å²) in [5, 5.41) is 0. The van der Waals surface area contributed by atoms with Crippen LogP contribution in [0.1, 0.15) is 110 Å². The summed E-state index contributed by atoms with van der Waals surface area (Å²) < 4.78 is 0. The fourth-order valence-electron chi connectivity index (χ4n) is 4.10. The van der Waals surface area contributed by atoms with Gasteiger partial charge in [0.1, 0.15) is 0 Å². The molecule has 0 heterocycles. The quantitative estimate of drug-likeness (QED) is 0.157. The van der Waals surface area contributed by atoms with Gasteiger partial charge in [-0.05, 0) is 36.7 Å². The average molecular weight is 452 g/mol. The van der Waals surface area contributed by atoms with Crippen molar-refractivity contribution in [2.24, 2.45) is 11.3 Å². The molecule has 1 rings (SSSR count). The molecule has 0 aliphatic rings. The molecule has 0 aliphatic heterocycles. The largest absolute Gasteiger partial charge is 0.370 e. The Bertz CT molecular complexity index is 625. The summed E-state index contributed by atoms with van der Waals surface area (Å²) in [6.45, 7) is 8.61. The molecule has 0 saturated heterocycles. The maximum absolute atomic E-state index is 12.6. The first-order valence-electron chi connectivity index (χ1n) is 12.1. The van der Waals surface area contributed by atoms with E-state index in [1.165, 1.54) is 68.9 Å². The maximum atomic E-state index is 12.6. The lowest BCUT2D eigenvalue weighted by Gasteiger charge is -2.28. The van der Waals surface area contributed by atoms with Gasteiger partial charge in [-0.15, -0.1) is 12.4 Å². The number of carbonyl (C=O) groups is 1. The molecule has 0 aliphatic carbocycles. The van der Waals surface area contributed by atoms with Crippen LogP contribution < -0.4 is 5.90 Å². The van der Waals surface area contributed by atoms with Crippen molar-refractivity contribution < 1.29 is 9.63 Å². The van der Waals surface area contributed by atoms with Crippen LogP contribution in [-0.4, -0.2) is 5.97 Å². The summed E-state index contributed by atoms with van der Waals surface area (Å²) in [5.41, 5.74) is 2.93. The average Bonchev–Trinajstić information content (AvgIpc) is 2.75. The molecule has 0 atom stereocenters. The highest BCUT2D eigenvalue weighted by atomic mass is 35.5. The van der Waals surface area contributed by atoms with E-state index in [1.54, 1.807) is 0 Å². The second-order valence-electron chi connectivity index (χ2n) is 9.22. The Morgan fingerprint density at radius 2 is 1.39 bits per heavy atom. The fourth-order valence-corrected chi connectivity index (χ4v) is 4.10. The second-order valence-corrected chi connectivity index (χ2v) is 9.22. The monoisotopic (exact) mass is 451 g/mol. The maximum Gasteiger partial charge on any atom is 0.352 e. The molecule has 0 amide bonds. The van der Waals surface area contributed by atoms with Crippen molar-refractivity contribution >= 4 is 18.4 Å². The molecule has 0 spiro atoms. The third kappa shape index (κ3) is 11.8. The molecule has 0 saturated carbocycles. The number of carbonyl (C=O) groups excluding carboxylic acids is 1. The van der Waals surface area contributed by atoms with Crippen molar-refractivity contribution in [2.75, 3.05) is 0 Å². The van der Waals surface area contributed by atoms with Crippen molar-refractivity contribution in [1.82, 2.24) is 0 Å². The van der Waals surface area contributed by atoms with Gasteiger partial charge in [-0.3, -0.25) is 0 Å². The number of benzene rings is 1. The van der Waals surface area contributed by atoms with Gasteiger partial charge in [0.15, 0.2) is 0 Å². The number of nitrogens with two attached hydrogens (primary N) is 1. The molecular weight excluding hydrogens is 406 g/mol. The van der Waals surface area contributed by atoms with Gasteiger partial charge in [0, 0.05) is 5.57 Å². The molecule has 4 heteroatoms. The van der Waals surface area contributed by atoms with Crippen LogP contribution in [0.15, 0.2) is 41.5 Å². The van der Waals surface area contributed by atoms with Gasteiger partial charge in [-0.1, -0.05) is 121 Å². The number of unbranched alkanes of at least 4 members (excludes halogenated alkanes) is 9. The number of hydrogen-bond donors (Lipinski definition) is 1. The third-order valence-electron chi connectivity index (χ3n) is 6.32. The zero-order valence-corrected chi connectivity index (χ0v) is 21.2. The summed E-state index contributed by atoms with van der Waals surface area (Å²) in [7, 11) is 0. The van der Waals surface area contributed by atoms with Crippen LogP contribution in [-0.2, 0) is 16.1 Å². The molecule has 0 aromatic heterocycles. The lowest BCUT2D eigenvalue weighted by Crippen LogP contribution is -2.27. The molecule has 1 aromatic rings. The lowest BCUT2D eigenvalue weighted by atomic mass is 9.77. The lowest BCUT2D eigenvalue weighted by molar-refractivity contribution is -0.140. The van der Waals surface area contributed by atoms with E-state index in [0.29, 0.717) is 0 Å². The third-order valence-corrected chi connectivity index (χ3v) is 6.32. The van der Waals surface area contributed by atoms with Crippen LogP contribution in [0.2, 0.25) is 0 Å². The summed E-state index contributed by atoms with van der Waals surface area (Å²) in [6.07, 6.45) is 15.7. The highest BCUT2D eigenvalue weighted by molar-refractivity contribution is 5.90. The van der Waals surface area contributed by atoms with Crippen LogP contribution in [0.3, 0.4) is 0 Å². The Labute approximate surface area is 197 Å². The normalized spacial score (nSPS) is 12.2. The zero-order valence-electron chi connectivity index (χ0n) is 20.4. The van der Waals surface area contributed by atoms with Gasteiger partial charge in [-0.2, -0.15) is 5.90 Å². The fraction of sp³-hybridized carbons (Fsp3) is 0.667. The number of rotatable bonds is 16. The topological polar surface area (TPSA) is 52.3 Å². The van der Waals surface area contributed by atoms with Gasteiger partial charge in [0.2, 0.25) is 0 Å². The molecule has 0 fully saturated rings. The Morgan fingerprint density at radius 3 is 1.87 bits per heavy atom. The molecule has 0 bridgehead atoms. The molecule has 1 aromatic carbocycles. The minimum absolute atomic E-state index is 0. The van der Waals surface area contributed by atoms with E-state index >= 15 is 0 Å². The smallest absolute Gasteiger partial charge is 0.352 e. The number of halogens is 1. The van der Waals surface area contributed by atoms with Gasteiger partial charge in [-0.25, -0.2) is 4.79 Å². The Balaban J connectivity index is 0.00000900. The van der Waals surface area contributed by atoms with Crippen LogP contribution in [0.5, 0.6) is 0 Å². The Morgan fingerprint density at radius 1 is 0.871 bits per heavy atom. The highest BCUT2D eigenvalue weighted by Gasteiger charge is 2.31. The summed E-state index contributed by atoms with van der Waals surface area (Å²) >= 11 is 0. The van der Waals surface area contributed by atoms with E-state index in [0.717, 1.165) is 31.3 Å². The minimum Gasteiger partial charge on any atom is -0.370 e. The molecule has 31 heavy (non-hydrogen) atoms. The van der Waals surface area contributed by atoms with Crippen LogP contribution in [0, 0.1) is 5.41 Å². The van der Waals surface area contributed by atoms with Gasteiger partial charge in [0.05, 0.1) is 0 Å². The number of hydrogen-bond acceptors (Lipinski definition) is 3. The summed E-state index contributed by atoms with van der Waals surface area (Å²) in [6, 6.07) is 10.4. The predicted octanol–water partition coefficient (Wildman–Crippen LogP) is 8.11.